The number of H-pyrrole nitrogens is 1. The van der Waals surface area contributed by atoms with E-state index in [-0.39, 0.29) is 18.9 Å². The van der Waals surface area contributed by atoms with Crippen molar-refractivity contribution in [2.45, 2.75) is 31.7 Å². The Morgan fingerprint density at radius 2 is 2.08 bits per heavy atom. The van der Waals surface area contributed by atoms with E-state index in [0.717, 1.165) is 17.7 Å². The number of rotatable bonds is 2. The van der Waals surface area contributed by atoms with Crippen LogP contribution in [0.15, 0.2) is 36.5 Å². The van der Waals surface area contributed by atoms with Gasteiger partial charge in [-0.3, -0.25) is 4.79 Å². The third-order valence-corrected chi connectivity index (χ3v) is 4.31. The summed E-state index contributed by atoms with van der Waals surface area (Å²) >= 11 is 0. The normalized spacial score (nSPS) is 21.3. The average Bonchev–Trinajstić information content (AvgIpc) is 3.12. The number of aryl methyl sites for hydroxylation is 1. The van der Waals surface area contributed by atoms with E-state index in [1.807, 2.05) is 0 Å². The topological polar surface area (TPSA) is 56.3 Å². The fourth-order valence-corrected chi connectivity index (χ4v) is 3.10. The van der Waals surface area contributed by atoms with Gasteiger partial charge < -0.3 is 15.0 Å². The van der Waals surface area contributed by atoms with Crippen molar-refractivity contribution in [3.8, 4) is 0 Å². The van der Waals surface area contributed by atoms with Crippen LogP contribution in [0, 0.1) is 6.92 Å². The number of β-amino-alcohol motifs (C(OH)–C–C–N with tert-alkyl or cyclic N) is 1. The summed E-state index contributed by atoms with van der Waals surface area (Å²) in [6.45, 7) is 1.87. The van der Waals surface area contributed by atoms with Crippen LogP contribution in [0.25, 0.3) is 0 Å². The van der Waals surface area contributed by atoms with Crippen LogP contribution in [-0.2, 0) is 6.18 Å². The predicted octanol–water partition coefficient (Wildman–Crippen LogP) is 3.29. The number of aliphatic hydroxyl groups excluding tert-OH is 1. The first-order valence-corrected chi connectivity index (χ1v) is 7.57. The highest BCUT2D eigenvalue weighted by atomic mass is 19.4. The van der Waals surface area contributed by atoms with Crippen molar-refractivity contribution in [1.82, 2.24) is 9.88 Å². The zero-order valence-electron chi connectivity index (χ0n) is 13.0. The fourth-order valence-electron chi connectivity index (χ4n) is 3.10. The number of hydrogen-bond acceptors (Lipinski definition) is 2. The lowest BCUT2D eigenvalue weighted by Gasteiger charge is -2.25. The molecule has 1 saturated heterocycles. The number of aromatic amines is 1. The molecule has 0 aliphatic carbocycles. The molecule has 0 radical (unpaired) electrons. The van der Waals surface area contributed by atoms with E-state index in [4.69, 9.17) is 0 Å². The number of likely N-dealkylation sites (tertiary alicyclic amines) is 1. The van der Waals surface area contributed by atoms with Gasteiger partial charge in [0.2, 0.25) is 0 Å². The van der Waals surface area contributed by atoms with Crippen molar-refractivity contribution in [1.29, 1.82) is 0 Å². The van der Waals surface area contributed by atoms with Gasteiger partial charge in [-0.1, -0.05) is 12.1 Å². The highest BCUT2D eigenvalue weighted by Gasteiger charge is 2.38. The Balaban J connectivity index is 1.94. The van der Waals surface area contributed by atoms with Crippen LogP contribution in [0.1, 0.15) is 39.6 Å². The van der Waals surface area contributed by atoms with Gasteiger partial charge >= 0.3 is 6.18 Å². The summed E-state index contributed by atoms with van der Waals surface area (Å²) in [6.07, 6.45) is -3.36. The van der Waals surface area contributed by atoms with Crippen LogP contribution in [-0.4, -0.2) is 33.5 Å². The minimum Gasteiger partial charge on any atom is -0.391 e. The number of carbonyl (C=O) groups excluding carboxylic acids is 1. The average molecular weight is 338 g/mol. The lowest BCUT2D eigenvalue weighted by Crippen LogP contribution is -2.32. The second-order valence-corrected chi connectivity index (χ2v) is 6.02. The molecule has 3 rings (SSSR count). The Hall–Kier alpha value is -2.28. The minimum atomic E-state index is -4.45. The standard InChI is InChI=1S/C17H17F3N2O2/c1-10-5-6-21-15(10)16(24)22-9-13(23)8-14(22)11-3-2-4-12(7-11)17(18,19)20/h2-7,13-14,21,23H,8-9H2,1H3. The first-order valence-electron chi connectivity index (χ1n) is 7.57. The highest BCUT2D eigenvalue weighted by molar-refractivity contribution is 5.94. The number of carbonyl (C=O) groups is 1. The van der Waals surface area contributed by atoms with Crippen molar-refractivity contribution in [3.05, 3.63) is 58.9 Å². The van der Waals surface area contributed by atoms with Crippen LogP contribution in [0.3, 0.4) is 0 Å². The number of alkyl halides is 3. The Morgan fingerprint density at radius 3 is 2.71 bits per heavy atom. The molecule has 2 heterocycles. The van der Waals surface area contributed by atoms with Gasteiger partial charge in [0, 0.05) is 12.7 Å². The maximum Gasteiger partial charge on any atom is 0.416 e. The molecule has 4 nitrogen and oxygen atoms in total. The number of hydrogen-bond donors (Lipinski definition) is 2. The van der Waals surface area contributed by atoms with Gasteiger partial charge in [-0.05, 0) is 42.7 Å². The molecule has 1 aliphatic rings. The predicted molar refractivity (Wildman–Crippen MR) is 81.4 cm³/mol. The largest absolute Gasteiger partial charge is 0.416 e. The quantitative estimate of drug-likeness (QED) is 0.883. The van der Waals surface area contributed by atoms with E-state index in [1.54, 1.807) is 25.3 Å². The molecule has 1 amide bonds. The summed E-state index contributed by atoms with van der Waals surface area (Å²) in [5, 5.41) is 9.95. The Bertz CT molecular complexity index is 754. The van der Waals surface area contributed by atoms with Gasteiger partial charge in [0.25, 0.3) is 5.91 Å². The van der Waals surface area contributed by atoms with Gasteiger partial charge in [-0.2, -0.15) is 13.2 Å². The van der Waals surface area contributed by atoms with Crippen molar-refractivity contribution in [3.63, 3.8) is 0 Å². The lowest BCUT2D eigenvalue weighted by molar-refractivity contribution is -0.137. The molecule has 2 unspecified atom stereocenters. The molecule has 1 fully saturated rings. The first-order chi connectivity index (χ1) is 11.3. The van der Waals surface area contributed by atoms with Gasteiger partial charge in [0.1, 0.15) is 5.69 Å². The van der Waals surface area contributed by atoms with E-state index < -0.39 is 23.9 Å². The maximum atomic E-state index is 12.9. The molecule has 0 saturated carbocycles. The third kappa shape index (κ3) is 3.03. The first kappa shape index (κ1) is 16.6. The van der Waals surface area contributed by atoms with Crippen LogP contribution in [0.4, 0.5) is 13.2 Å². The molecule has 0 bridgehead atoms. The summed E-state index contributed by atoms with van der Waals surface area (Å²) < 4.78 is 38.8. The molecule has 128 valence electrons. The minimum absolute atomic E-state index is 0.0954. The van der Waals surface area contributed by atoms with Crippen LogP contribution >= 0.6 is 0 Å². The molecule has 1 aromatic carbocycles. The second-order valence-electron chi connectivity index (χ2n) is 6.02. The van der Waals surface area contributed by atoms with E-state index in [1.165, 1.54) is 11.0 Å². The molecule has 0 spiro atoms. The number of nitrogens with one attached hydrogen (secondary N) is 1. The number of amides is 1. The van der Waals surface area contributed by atoms with Crippen LogP contribution in [0.2, 0.25) is 0 Å². The molecule has 2 aromatic rings. The summed E-state index contributed by atoms with van der Waals surface area (Å²) in [6, 6.07) is 6.09. The summed E-state index contributed by atoms with van der Waals surface area (Å²) in [4.78, 5) is 17.0. The molecule has 7 heteroatoms. The van der Waals surface area contributed by atoms with Gasteiger partial charge in [0.05, 0.1) is 17.7 Å². The molecule has 1 aliphatic heterocycles. The van der Waals surface area contributed by atoms with Crippen LogP contribution < -0.4 is 0 Å². The molecule has 2 N–H and O–H groups in total. The zero-order chi connectivity index (χ0) is 17.5. The van der Waals surface area contributed by atoms with E-state index in [0.29, 0.717) is 11.3 Å². The molecular formula is C17H17F3N2O2. The van der Waals surface area contributed by atoms with Gasteiger partial charge in [0.15, 0.2) is 0 Å². The Morgan fingerprint density at radius 1 is 1.33 bits per heavy atom. The highest BCUT2D eigenvalue weighted by Crippen LogP contribution is 2.36. The summed E-state index contributed by atoms with van der Waals surface area (Å²) in [7, 11) is 0. The molecular weight excluding hydrogens is 321 g/mol. The molecule has 24 heavy (non-hydrogen) atoms. The Labute approximate surface area is 136 Å². The van der Waals surface area contributed by atoms with E-state index in [9.17, 15) is 23.1 Å². The monoisotopic (exact) mass is 338 g/mol. The SMILES string of the molecule is Cc1cc[nH]c1C(=O)N1CC(O)CC1c1cccc(C(F)(F)F)c1. The number of halogens is 3. The van der Waals surface area contributed by atoms with Crippen molar-refractivity contribution >= 4 is 5.91 Å². The van der Waals surface area contributed by atoms with Crippen molar-refractivity contribution in [2.75, 3.05) is 6.54 Å². The number of aromatic nitrogens is 1. The van der Waals surface area contributed by atoms with Crippen molar-refractivity contribution < 1.29 is 23.1 Å². The zero-order valence-corrected chi connectivity index (χ0v) is 13.0. The smallest absolute Gasteiger partial charge is 0.391 e. The van der Waals surface area contributed by atoms with Gasteiger partial charge in [-0.25, -0.2) is 0 Å². The molecule has 1 aromatic heterocycles. The van der Waals surface area contributed by atoms with E-state index >= 15 is 0 Å². The van der Waals surface area contributed by atoms with Crippen LogP contribution in [0.5, 0.6) is 0 Å². The summed E-state index contributed by atoms with van der Waals surface area (Å²) in [5.74, 6) is -0.323. The summed E-state index contributed by atoms with van der Waals surface area (Å²) in [5.41, 5.74) is 0.758. The number of nitrogens with zero attached hydrogens (tertiary/aromatic N) is 1. The van der Waals surface area contributed by atoms with Crippen molar-refractivity contribution in [2.24, 2.45) is 0 Å². The maximum absolute atomic E-state index is 12.9. The number of aliphatic hydroxyl groups is 1. The third-order valence-electron chi connectivity index (χ3n) is 4.31. The van der Waals surface area contributed by atoms with E-state index in [2.05, 4.69) is 4.98 Å². The number of benzene rings is 1. The molecule has 2 atom stereocenters. The Kier molecular flexibility index (Phi) is 4.13. The second kappa shape index (κ2) is 5.98. The lowest BCUT2D eigenvalue weighted by atomic mass is 10.0. The van der Waals surface area contributed by atoms with Gasteiger partial charge in [-0.15, -0.1) is 0 Å². The fraction of sp³-hybridized carbons (Fsp3) is 0.353.